The van der Waals surface area contributed by atoms with Gasteiger partial charge in [-0.05, 0) is 37.2 Å². The predicted molar refractivity (Wildman–Crippen MR) is 82.6 cm³/mol. The molecule has 3 nitrogen and oxygen atoms in total. The van der Waals surface area contributed by atoms with Crippen LogP contribution in [0.4, 0.5) is 0 Å². The number of likely N-dealkylation sites (tertiary alicyclic amines) is 1. The average molecular weight is 285 g/mol. The predicted octanol–water partition coefficient (Wildman–Crippen LogP) is 2.92. The fraction of sp³-hybridized carbons (Fsp3) is 0.500. The first-order chi connectivity index (χ1) is 10.3. The largest absolute Gasteiger partial charge is 0.388 e. The summed E-state index contributed by atoms with van der Waals surface area (Å²) >= 11 is 0. The summed E-state index contributed by atoms with van der Waals surface area (Å²) in [6.45, 7) is 1.56. The standard InChI is InChI=1S/C18H23NO2/c20-17(14-6-2-1-3-7-14)15-10-12-19(13-11-15)18(21)16-8-4-5-9-16/h1-7,15-17,20H,8-13H2. The van der Waals surface area contributed by atoms with E-state index in [2.05, 4.69) is 12.2 Å². The summed E-state index contributed by atoms with van der Waals surface area (Å²) < 4.78 is 0. The Balaban J connectivity index is 1.54. The van der Waals surface area contributed by atoms with Gasteiger partial charge in [0.2, 0.25) is 5.91 Å². The second-order valence-corrected chi connectivity index (χ2v) is 6.16. The highest BCUT2D eigenvalue weighted by atomic mass is 16.3. The van der Waals surface area contributed by atoms with Crippen molar-refractivity contribution in [3.05, 3.63) is 48.0 Å². The van der Waals surface area contributed by atoms with E-state index in [0.717, 1.165) is 44.3 Å². The van der Waals surface area contributed by atoms with E-state index in [0.29, 0.717) is 5.91 Å². The van der Waals surface area contributed by atoms with E-state index in [1.807, 2.05) is 35.2 Å². The van der Waals surface area contributed by atoms with Gasteiger partial charge < -0.3 is 10.0 Å². The second kappa shape index (κ2) is 6.44. The Morgan fingerprint density at radius 3 is 2.33 bits per heavy atom. The first kappa shape index (κ1) is 14.3. The number of carbonyl (C=O) groups excluding carboxylic acids is 1. The van der Waals surface area contributed by atoms with E-state index in [-0.39, 0.29) is 11.8 Å². The third-order valence-electron chi connectivity index (χ3n) is 4.80. The highest BCUT2D eigenvalue weighted by Gasteiger charge is 2.31. The highest BCUT2D eigenvalue weighted by molar-refractivity contribution is 5.79. The molecule has 0 spiro atoms. The Morgan fingerprint density at radius 2 is 1.71 bits per heavy atom. The summed E-state index contributed by atoms with van der Waals surface area (Å²) in [4.78, 5) is 14.4. The molecule has 2 aliphatic rings. The van der Waals surface area contributed by atoms with Crippen LogP contribution >= 0.6 is 0 Å². The van der Waals surface area contributed by atoms with Crippen LogP contribution in [0.2, 0.25) is 0 Å². The number of aliphatic hydroxyl groups excluding tert-OH is 1. The van der Waals surface area contributed by atoms with Crippen LogP contribution in [0.15, 0.2) is 42.5 Å². The van der Waals surface area contributed by atoms with Gasteiger partial charge in [0.15, 0.2) is 0 Å². The van der Waals surface area contributed by atoms with E-state index >= 15 is 0 Å². The molecule has 1 atom stereocenters. The van der Waals surface area contributed by atoms with Gasteiger partial charge in [0.25, 0.3) is 0 Å². The summed E-state index contributed by atoms with van der Waals surface area (Å²) in [6, 6.07) is 9.85. The molecule has 0 radical (unpaired) electrons. The Hall–Kier alpha value is -1.61. The molecule has 1 saturated heterocycles. The van der Waals surface area contributed by atoms with Crippen LogP contribution in [0.3, 0.4) is 0 Å². The minimum Gasteiger partial charge on any atom is -0.388 e. The lowest BCUT2D eigenvalue weighted by atomic mass is 9.87. The number of carbonyl (C=O) groups is 1. The van der Waals surface area contributed by atoms with Crippen molar-refractivity contribution in [2.24, 2.45) is 11.8 Å². The lowest BCUT2D eigenvalue weighted by Gasteiger charge is -2.35. The molecule has 1 aromatic carbocycles. The SMILES string of the molecule is O=C(C1CC=CC1)N1CCC(C(O)c2ccccc2)CC1. The van der Waals surface area contributed by atoms with Crippen molar-refractivity contribution in [3.63, 3.8) is 0 Å². The lowest BCUT2D eigenvalue weighted by molar-refractivity contribution is -0.137. The van der Waals surface area contributed by atoms with E-state index in [9.17, 15) is 9.90 Å². The molecule has 21 heavy (non-hydrogen) atoms. The fourth-order valence-corrected chi connectivity index (χ4v) is 3.44. The monoisotopic (exact) mass is 285 g/mol. The topological polar surface area (TPSA) is 40.5 Å². The highest BCUT2D eigenvalue weighted by Crippen LogP contribution is 2.31. The van der Waals surface area contributed by atoms with Crippen LogP contribution in [0.1, 0.15) is 37.4 Å². The Bertz CT molecular complexity index is 495. The molecule has 1 aliphatic heterocycles. The summed E-state index contributed by atoms with van der Waals surface area (Å²) in [5.41, 5.74) is 0.988. The molecular weight excluding hydrogens is 262 g/mol. The van der Waals surface area contributed by atoms with Crippen LogP contribution in [0, 0.1) is 11.8 Å². The van der Waals surface area contributed by atoms with Crippen LogP contribution in [-0.2, 0) is 4.79 Å². The number of benzene rings is 1. The summed E-state index contributed by atoms with van der Waals surface area (Å²) in [7, 11) is 0. The first-order valence-corrected chi connectivity index (χ1v) is 7.92. The minimum absolute atomic E-state index is 0.167. The molecule has 1 aromatic rings. The maximum Gasteiger partial charge on any atom is 0.226 e. The molecule has 1 amide bonds. The van der Waals surface area contributed by atoms with Crippen molar-refractivity contribution >= 4 is 5.91 Å². The van der Waals surface area contributed by atoms with Gasteiger partial charge in [0, 0.05) is 19.0 Å². The molecule has 1 heterocycles. The summed E-state index contributed by atoms with van der Waals surface area (Å²) in [6.07, 6.45) is 7.38. The molecule has 3 heteroatoms. The van der Waals surface area contributed by atoms with Gasteiger partial charge in [-0.1, -0.05) is 42.5 Å². The van der Waals surface area contributed by atoms with E-state index in [1.54, 1.807) is 0 Å². The molecule has 3 rings (SSSR count). The molecule has 0 aromatic heterocycles. The quantitative estimate of drug-likeness (QED) is 0.867. The fourth-order valence-electron chi connectivity index (χ4n) is 3.44. The smallest absolute Gasteiger partial charge is 0.226 e. The normalized spacial score (nSPS) is 21.7. The summed E-state index contributed by atoms with van der Waals surface area (Å²) in [5.74, 6) is 0.728. The molecule has 112 valence electrons. The van der Waals surface area contributed by atoms with Gasteiger partial charge in [-0.15, -0.1) is 0 Å². The Kier molecular flexibility index (Phi) is 4.39. The first-order valence-electron chi connectivity index (χ1n) is 7.92. The van der Waals surface area contributed by atoms with Gasteiger partial charge in [-0.25, -0.2) is 0 Å². The number of hydrogen-bond donors (Lipinski definition) is 1. The number of hydrogen-bond acceptors (Lipinski definition) is 2. The zero-order chi connectivity index (χ0) is 14.7. The maximum atomic E-state index is 12.4. The van der Waals surface area contributed by atoms with Crippen molar-refractivity contribution in [2.45, 2.75) is 31.8 Å². The molecule has 1 N–H and O–H groups in total. The number of aliphatic hydroxyl groups is 1. The van der Waals surface area contributed by atoms with Crippen LogP contribution in [-0.4, -0.2) is 29.0 Å². The Labute approximate surface area is 126 Å². The second-order valence-electron chi connectivity index (χ2n) is 6.16. The summed E-state index contributed by atoms with van der Waals surface area (Å²) in [5, 5.41) is 10.5. The van der Waals surface area contributed by atoms with Crippen LogP contribution in [0.25, 0.3) is 0 Å². The van der Waals surface area contributed by atoms with Gasteiger partial charge >= 0.3 is 0 Å². The van der Waals surface area contributed by atoms with E-state index < -0.39 is 6.10 Å². The minimum atomic E-state index is -0.406. The van der Waals surface area contributed by atoms with Gasteiger partial charge in [-0.3, -0.25) is 4.79 Å². The van der Waals surface area contributed by atoms with Gasteiger partial charge in [-0.2, -0.15) is 0 Å². The maximum absolute atomic E-state index is 12.4. The van der Waals surface area contributed by atoms with Crippen LogP contribution in [0.5, 0.6) is 0 Å². The van der Waals surface area contributed by atoms with Crippen molar-refractivity contribution < 1.29 is 9.90 Å². The van der Waals surface area contributed by atoms with E-state index in [4.69, 9.17) is 0 Å². The number of allylic oxidation sites excluding steroid dienone is 2. The zero-order valence-electron chi connectivity index (χ0n) is 12.3. The third kappa shape index (κ3) is 3.18. The molecule has 1 aliphatic carbocycles. The number of rotatable bonds is 3. The molecule has 0 bridgehead atoms. The third-order valence-corrected chi connectivity index (χ3v) is 4.80. The van der Waals surface area contributed by atoms with Gasteiger partial charge in [0.1, 0.15) is 0 Å². The molecule has 0 saturated carbocycles. The number of amides is 1. The molecular formula is C18H23NO2. The molecule has 1 fully saturated rings. The van der Waals surface area contributed by atoms with Crippen molar-refractivity contribution in [2.75, 3.05) is 13.1 Å². The van der Waals surface area contributed by atoms with Crippen molar-refractivity contribution in [3.8, 4) is 0 Å². The van der Waals surface area contributed by atoms with E-state index in [1.165, 1.54) is 0 Å². The number of piperidine rings is 1. The Morgan fingerprint density at radius 1 is 1.10 bits per heavy atom. The van der Waals surface area contributed by atoms with Gasteiger partial charge in [0.05, 0.1) is 6.10 Å². The van der Waals surface area contributed by atoms with Crippen molar-refractivity contribution in [1.29, 1.82) is 0 Å². The average Bonchev–Trinajstić information content (AvgIpc) is 3.09. The zero-order valence-corrected chi connectivity index (χ0v) is 12.3. The lowest BCUT2D eigenvalue weighted by Crippen LogP contribution is -2.42. The number of nitrogens with zero attached hydrogens (tertiary/aromatic N) is 1. The van der Waals surface area contributed by atoms with Crippen molar-refractivity contribution in [1.82, 2.24) is 4.90 Å². The van der Waals surface area contributed by atoms with Crippen LogP contribution < -0.4 is 0 Å². The molecule has 1 unspecified atom stereocenters.